The molecule has 0 unspecified atom stereocenters. The molecule has 0 aromatic heterocycles. The second-order valence-electron chi connectivity index (χ2n) is 3.52. The molecule has 2 aromatic rings. The van der Waals surface area contributed by atoms with Crippen LogP contribution in [0.5, 0.6) is 11.5 Å². The first kappa shape index (κ1) is 11.2. The van der Waals surface area contributed by atoms with Crippen LogP contribution in [0.3, 0.4) is 0 Å². The highest BCUT2D eigenvalue weighted by molar-refractivity contribution is 5.85. The van der Waals surface area contributed by atoms with Crippen LogP contribution >= 0.6 is 0 Å². The fourth-order valence-corrected chi connectivity index (χ4v) is 1.43. The molecule has 3 nitrogen and oxygen atoms in total. The predicted molar refractivity (Wildman–Crippen MR) is 68.4 cm³/mol. The third-order valence-electron chi connectivity index (χ3n) is 2.34. The first-order valence-corrected chi connectivity index (χ1v) is 5.26. The quantitative estimate of drug-likeness (QED) is 0.818. The molecule has 17 heavy (non-hydrogen) atoms. The summed E-state index contributed by atoms with van der Waals surface area (Å²) in [5, 5.41) is 9.57. The van der Waals surface area contributed by atoms with E-state index in [9.17, 15) is 5.11 Å². The Balaban J connectivity index is 2.23. The SMILES string of the molecule is COc1cccc(N=Cc2ccccc2O)c1. The van der Waals surface area contributed by atoms with E-state index in [2.05, 4.69) is 4.99 Å². The van der Waals surface area contributed by atoms with Gasteiger partial charge in [-0.2, -0.15) is 0 Å². The lowest BCUT2D eigenvalue weighted by Gasteiger charge is -2.00. The summed E-state index contributed by atoms with van der Waals surface area (Å²) < 4.78 is 5.11. The lowest BCUT2D eigenvalue weighted by Crippen LogP contribution is -1.82. The zero-order valence-corrected chi connectivity index (χ0v) is 9.50. The zero-order valence-electron chi connectivity index (χ0n) is 9.50. The Labute approximate surface area is 100 Å². The molecule has 86 valence electrons. The van der Waals surface area contributed by atoms with Gasteiger partial charge in [0.05, 0.1) is 12.8 Å². The van der Waals surface area contributed by atoms with E-state index < -0.39 is 0 Å². The van der Waals surface area contributed by atoms with Gasteiger partial charge in [0.2, 0.25) is 0 Å². The first-order valence-electron chi connectivity index (χ1n) is 5.26. The molecule has 3 heteroatoms. The van der Waals surface area contributed by atoms with E-state index in [0.29, 0.717) is 5.56 Å². The lowest BCUT2D eigenvalue weighted by atomic mass is 10.2. The topological polar surface area (TPSA) is 41.8 Å². The molecule has 0 spiro atoms. The van der Waals surface area contributed by atoms with Crippen molar-refractivity contribution in [1.29, 1.82) is 0 Å². The molecule has 0 amide bonds. The van der Waals surface area contributed by atoms with E-state index in [0.717, 1.165) is 11.4 Å². The number of hydrogen-bond donors (Lipinski definition) is 1. The Morgan fingerprint density at radius 2 is 1.94 bits per heavy atom. The van der Waals surface area contributed by atoms with Crippen molar-refractivity contribution in [3.8, 4) is 11.5 Å². The van der Waals surface area contributed by atoms with Crippen molar-refractivity contribution in [2.75, 3.05) is 7.11 Å². The van der Waals surface area contributed by atoms with Crippen LogP contribution in [0.25, 0.3) is 0 Å². The summed E-state index contributed by atoms with van der Waals surface area (Å²) in [6, 6.07) is 14.5. The van der Waals surface area contributed by atoms with Crippen molar-refractivity contribution in [2.45, 2.75) is 0 Å². The number of phenolic OH excluding ortho intramolecular Hbond substituents is 1. The zero-order chi connectivity index (χ0) is 12.1. The molecule has 0 radical (unpaired) electrons. The number of methoxy groups -OCH3 is 1. The van der Waals surface area contributed by atoms with Crippen molar-refractivity contribution < 1.29 is 9.84 Å². The number of aliphatic imine (C=N–C) groups is 1. The second-order valence-corrected chi connectivity index (χ2v) is 3.52. The maximum absolute atomic E-state index is 9.57. The van der Waals surface area contributed by atoms with Gasteiger partial charge < -0.3 is 9.84 Å². The molecule has 0 heterocycles. The Morgan fingerprint density at radius 1 is 1.12 bits per heavy atom. The minimum Gasteiger partial charge on any atom is -0.507 e. The monoisotopic (exact) mass is 227 g/mol. The normalized spacial score (nSPS) is 10.6. The fourth-order valence-electron chi connectivity index (χ4n) is 1.43. The van der Waals surface area contributed by atoms with Gasteiger partial charge in [0.15, 0.2) is 0 Å². The molecule has 2 aromatic carbocycles. The maximum atomic E-state index is 9.57. The van der Waals surface area contributed by atoms with Gasteiger partial charge in [-0.3, -0.25) is 4.99 Å². The minimum atomic E-state index is 0.221. The van der Waals surface area contributed by atoms with Crippen LogP contribution in [-0.4, -0.2) is 18.4 Å². The van der Waals surface area contributed by atoms with Crippen molar-refractivity contribution in [3.05, 3.63) is 54.1 Å². The Hall–Kier alpha value is -2.29. The highest BCUT2D eigenvalue weighted by Gasteiger charge is 1.96. The molecule has 0 fully saturated rings. The first-order chi connectivity index (χ1) is 8.29. The van der Waals surface area contributed by atoms with Gasteiger partial charge in [0.1, 0.15) is 11.5 Å². The summed E-state index contributed by atoms with van der Waals surface area (Å²) in [6.07, 6.45) is 1.63. The molecule has 0 aliphatic carbocycles. The molecule has 0 bridgehead atoms. The van der Waals surface area contributed by atoms with Gasteiger partial charge in [-0.1, -0.05) is 18.2 Å². The summed E-state index contributed by atoms with van der Waals surface area (Å²) in [4.78, 5) is 4.28. The smallest absolute Gasteiger partial charge is 0.124 e. The van der Waals surface area contributed by atoms with Gasteiger partial charge in [0, 0.05) is 17.8 Å². The summed E-state index contributed by atoms with van der Waals surface area (Å²) in [5.41, 5.74) is 1.47. The average molecular weight is 227 g/mol. The average Bonchev–Trinajstić information content (AvgIpc) is 2.38. The van der Waals surface area contributed by atoms with E-state index >= 15 is 0 Å². The Kier molecular flexibility index (Phi) is 3.40. The third kappa shape index (κ3) is 2.84. The largest absolute Gasteiger partial charge is 0.507 e. The summed E-state index contributed by atoms with van der Waals surface area (Å²) >= 11 is 0. The van der Waals surface area contributed by atoms with Gasteiger partial charge >= 0.3 is 0 Å². The Bertz CT molecular complexity index is 535. The molecule has 2 rings (SSSR count). The van der Waals surface area contributed by atoms with Crippen molar-refractivity contribution in [2.24, 2.45) is 4.99 Å². The van der Waals surface area contributed by atoms with E-state index in [-0.39, 0.29) is 5.75 Å². The number of ether oxygens (including phenoxy) is 1. The van der Waals surface area contributed by atoms with Crippen molar-refractivity contribution in [3.63, 3.8) is 0 Å². The predicted octanol–water partition coefficient (Wildman–Crippen LogP) is 3.15. The highest BCUT2D eigenvalue weighted by Crippen LogP contribution is 2.20. The van der Waals surface area contributed by atoms with Gasteiger partial charge in [-0.15, -0.1) is 0 Å². The fraction of sp³-hybridized carbons (Fsp3) is 0.0714. The molecule has 0 aliphatic rings. The number of nitrogens with zero attached hydrogens (tertiary/aromatic N) is 1. The highest BCUT2D eigenvalue weighted by atomic mass is 16.5. The maximum Gasteiger partial charge on any atom is 0.124 e. The number of aromatic hydroxyl groups is 1. The molecule has 0 saturated heterocycles. The van der Waals surface area contributed by atoms with Crippen LogP contribution in [0, 0.1) is 0 Å². The van der Waals surface area contributed by atoms with Gasteiger partial charge in [0.25, 0.3) is 0 Å². The van der Waals surface area contributed by atoms with Crippen LogP contribution in [-0.2, 0) is 0 Å². The number of hydrogen-bond acceptors (Lipinski definition) is 3. The molecular weight excluding hydrogens is 214 g/mol. The van der Waals surface area contributed by atoms with Crippen LogP contribution < -0.4 is 4.74 Å². The van der Waals surface area contributed by atoms with Gasteiger partial charge in [-0.05, 0) is 24.3 Å². The van der Waals surface area contributed by atoms with Crippen LogP contribution in [0.2, 0.25) is 0 Å². The second kappa shape index (κ2) is 5.16. The number of para-hydroxylation sites is 1. The van der Waals surface area contributed by atoms with Crippen molar-refractivity contribution in [1.82, 2.24) is 0 Å². The lowest BCUT2D eigenvalue weighted by molar-refractivity contribution is 0.415. The standard InChI is InChI=1S/C14H13NO2/c1-17-13-7-4-6-12(9-13)15-10-11-5-2-3-8-14(11)16/h2-10,16H,1H3. The van der Waals surface area contributed by atoms with E-state index in [1.54, 1.807) is 31.5 Å². The summed E-state index contributed by atoms with van der Waals surface area (Å²) in [6.45, 7) is 0. The molecule has 1 N–H and O–H groups in total. The third-order valence-corrected chi connectivity index (χ3v) is 2.34. The van der Waals surface area contributed by atoms with Crippen LogP contribution in [0.4, 0.5) is 5.69 Å². The number of rotatable bonds is 3. The van der Waals surface area contributed by atoms with Crippen LogP contribution in [0.15, 0.2) is 53.5 Å². The number of benzene rings is 2. The van der Waals surface area contributed by atoms with E-state index in [4.69, 9.17) is 4.74 Å². The number of phenols is 1. The molecule has 0 atom stereocenters. The molecular formula is C14H13NO2. The Morgan fingerprint density at radius 3 is 2.71 bits per heavy atom. The van der Waals surface area contributed by atoms with E-state index in [1.807, 2.05) is 30.3 Å². The summed E-state index contributed by atoms with van der Waals surface area (Å²) in [5.74, 6) is 0.982. The summed E-state index contributed by atoms with van der Waals surface area (Å²) in [7, 11) is 1.62. The molecule has 0 saturated carbocycles. The van der Waals surface area contributed by atoms with Gasteiger partial charge in [-0.25, -0.2) is 0 Å². The minimum absolute atomic E-state index is 0.221. The van der Waals surface area contributed by atoms with Crippen LogP contribution in [0.1, 0.15) is 5.56 Å². The van der Waals surface area contributed by atoms with Crippen molar-refractivity contribution >= 4 is 11.9 Å². The van der Waals surface area contributed by atoms with E-state index in [1.165, 1.54) is 0 Å². The molecule has 0 aliphatic heterocycles.